The zero-order valence-electron chi connectivity index (χ0n) is 80.3. The Bertz CT molecular complexity index is 6690. The van der Waals surface area contributed by atoms with Gasteiger partial charge in [0.25, 0.3) is 0 Å². The number of aromatic nitrogens is 6. The van der Waals surface area contributed by atoms with Gasteiger partial charge in [0.05, 0.1) is 49.7 Å². The molecule has 0 amide bonds. The fourth-order valence-electron chi connectivity index (χ4n) is 15.1. The average molecular weight is 2160 g/mol. The van der Waals surface area contributed by atoms with Gasteiger partial charge >= 0.3 is 15.6 Å². The Kier molecular flexibility index (Phi) is 30.9. The molecule has 18 aromatic rings. The van der Waals surface area contributed by atoms with E-state index < -0.39 is 45.5 Å². The van der Waals surface area contributed by atoms with E-state index in [1.165, 1.54) is 79.6 Å². The normalized spacial score (nSPS) is 12.4. The van der Waals surface area contributed by atoms with Gasteiger partial charge in [-0.1, -0.05) is 287 Å². The molecule has 0 aliphatic rings. The predicted octanol–water partition coefficient (Wildman–Crippen LogP) is 28.2. The molecule has 18 rings (SSSR count). The van der Waals surface area contributed by atoms with E-state index >= 15 is 0 Å². The molecule has 11 nitrogen and oxygen atoms in total. The second-order valence-corrected chi connectivity index (χ2v) is 47.3. The number of halogens is 3. The third-order valence-corrected chi connectivity index (χ3v) is 28.6. The Morgan fingerprint density at radius 1 is 0.414 bits per heavy atom. The van der Waals surface area contributed by atoms with Gasteiger partial charge in [0.2, 0.25) is 0 Å². The molecule has 0 aliphatic carbocycles. The number of alkyl halides is 3. The van der Waals surface area contributed by atoms with Crippen LogP contribution in [-0.2, 0) is 50.3 Å². The minimum absolute atomic E-state index is 0. The second-order valence-electron chi connectivity index (χ2n) is 33.6. The van der Waals surface area contributed by atoms with Crippen LogP contribution < -0.4 is 10.4 Å². The van der Waals surface area contributed by atoms with Crippen LogP contribution in [0.3, 0.4) is 0 Å². The fourth-order valence-corrected chi connectivity index (χ4v) is 19.6. The van der Waals surface area contributed by atoms with Crippen LogP contribution in [-0.4, -0.2) is 88.1 Å². The number of hydrogen-bond donors (Lipinski definition) is 3. The van der Waals surface area contributed by atoms with E-state index in [9.17, 15) is 13.2 Å². The fraction of sp³-hybridized carbons (Fsp3) is 0.215. The summed E-state index contributed by atoms with van der Waals surface area (Å²) >= 11 is 3.55. The van der Waals surface area contributed by atoms with Gasteiger partial charge in [0, 0.05) is 111 Å². The topological polar surface area (TPSA) is 156 Å². The van der Waals surface area contributed by atoms with Gasteiger partial charge in [-0.2, -0.15) is 32.9 Å². The number of hydrogen-bond acceptors (Lipinski definition) is 10. The van der Waals surface area contributed by atoms with Gasteiger partial charge in [-0.3, -0.25) is 14.1 Å². The number of thiophene rings is 2. The molecule has 0 unspecified atom stereocenters. The van der Waals surface area contributed by atoms with Crippen LogP contribution in [0.15, 0.2) is 285 Å². The van der Waals surface area contributed by atoms with E-state index in [1.807, 2.05) is 91.3 Å². The first kappa shape index (κ1) is 91.0. The second kappa shape index (κ2) is 43.4. The van der Waals surface area contributed by atoms with Crippen LogP contribution in [0.5, 0.6) is 0 Å². The van der Waals surface area contributed by atoms with Crippen molar-refractivity contribution in [2.45, 2.75) is 138 Å². The van der Waals surface area contributed by atoms with Crippen molar-refractivity contribution in [1.29, 1.82) is 0 Å². The maximum Gasteiger partial charge on any atom is 0.522 e. The molecule has 0 spiro atoms. The third-order valence-electron chi connectivity index (χ3n) is 21.6. The summed E-state index contributed by atoms with van der Waals surface area (Å²) in [6.45, 7) is 27.9. The molecular weight excluding hydrogens is 2040 g/mol. The minimum atomic E-state index is -5.84. The summed E-state index contributed by atoms with van der Waals surface area (Å²) in [4.78, 5) is 19.6. The van der Waals surface area contributed by atoms with E-state index in [0.29, 0.717) is 34.8 Å². The van der Waals surface area contributed by atoms with Gasteiger partial charge < -0.3 is 24.7 Å². The van der Waals surface area contributed by atoms with Crippen molar-refractivity contribution in [3.05, 3.63) is 337 Å². The zero-order chi connectivity index (χ0) is 95.7. The Morgan fingerprint density at radius 2 is 0.789 bits per heavy atom. The first-order chi connectivity index (χ1) is 62.6. The molecule has 0 bridgehead atoms. The van der Waals surface area contributed by atoms with Gasteiger partial charge in [-0.25, -0.2) is 4.98 Å². The molecule has 664 valence electrons. The van der Waals surface area contributed by atoms with Crippen LogP contribution in [0.1, 0.15) is 121 Å². The van der Waals surface area contributed by atoms with E-state index in [2.05, 4.69) is 302 Å². The number of nitrogens with zero attached hydrogens (tertiary/aromatic N) is 6. The monoisotopic (exact) mass is 2160 g/mol. The van der Waals surface area contributed by atoms with Gasteiger partial charge in [-0.15, -0.1) is 101 Å². The molecule has 0 atom stereocenters. The van der Waals surface area contributed by atoms with Crippen LogP contribution in [0, 0.1) is 31.9 Å². The van der Waals surface area contributed by atoms with Crippen molar-refractivity contribution >= 4 is 122 Å². The molecule has 128 heavy (non-hydrogen) atoms. The van der Waals surface area contributed by atoms with Crippen molar-refractivity contribution in [3.63, 3.8) is 0 Å². The number of aliphatic hydroxyl groups excluding tert-OH is 2. The van der Waals surface area contributed by atoms with Crippen molar-refractivity contribution in [2.24, 2.45) is 0 Å². The van der Waals surface area contributed by atoms with E-state index in [0.717, 1.165) is 109 Å². The number of aliphatic hydroxyl groups is 2. The quantitative estimate of drug-likeness (QED) is 0.0417. The van der Waals surface area contributed by atoms with Crippen LogP contribution in [0.4, 0.5) is 13.2 Å². The van der Waals surface area contributed by atoms with Crippen molar-refractivity contribution in [2.75, 3.05) is 14.2 Å². The molecule has 6 heterocycles. The SMILES string of the molecule is CO.CO.C[Si](C)(C)c1ccc(-c2[c-]cccc2)nc1.C[Si](C)(C)c1ccc(-c2[c-]cccc2)nc1.O=S(=O)(O)C(F)(F)F.[2H]C([2H])([2H])c1ccc(-c2ccc3c(c2)sc2c(-c4nc5ccccc5n4-c4c(C(C)C)cccc4C(C)C)[c-]ccc23)cc1.[2H]C([2H])([2H])c1ccc(-c2ccc3c(c2)sc2c(-c4nc5ccccc5n4-c4c(C(C)C)cccc4C(C)C)cccc23)cc1.[Ir].[Ir]. The molecular formula is C107H108F3Ir2N6O5S3Si2-3. The molecule has 0 saturated carbocycles. The van der Waals surface area contributed by atoms with E-state index in [-0.39, 0.29) is 40.2 Å². The summed E-state index contributed by atoms with van der Waals surface area (Å²) in [6.07, 6.45) is 4.03. The van der Waals surface area contributed by atoms with Gasteiger partial charge in [-0.05, 0) is 156 Å². The Hall–Kier alpha value is -10.3. The Balaban J connectivity index is 0.000000191. The molecule has 21 heteroatoms. The standard InChI is InChI=1S/C38H34N2S.C38H33N2S.2C14H16NSi.CHF3O3S.2CH4O.2Ir/c2*1-23(2)28-10-8-11-29(24(3)4)36(28)40-34-15-7-6-14-33(34)39-38(40)32-13-9-12-31-30-21-20-27(22-35(30)41-37(31)32)26-18-16-25(5)17-19-26;2*1-16(2,3)13-9-10-14(15-11-13)12-7-5-4-6-8-12;2-1(3,4)8(5,6)7;2*1-2;;/h6-24H,1-5H3;6-12,14-24H,1-5H3;2*4-7,9-11H,1-3H3;(H,5,6,7);2*2H,1H3;;/q;3*-1;;;;;/i2*5D3;;;;;;;. The van der Waals surface area contributed by atoms with Gasteiger partial charge in [0.15, 0.2) is 0 Å². The summed E-state index contributed by atoms with van der Waals surface area (Å²) in [7, 11) is -6.30. The van der Waals surface area contributed by atoms with E-state index in [4.69, 9.17) is 41.4 Å². The molecule has 0 saturated heterocycles. The van der Waals surface area contributed by atoms with Crippen molar-refractivity contribution in [1.82, 2.24) is 29.1 Å². The van der Waals surface area contributed by atoms with Gasteiger partial charge in [0.1, 0.15) is 5.82 Å². The summed E-state index contributed by atoms with van der Waals surface area (Å²) in [5, 5.41) is 21.6. The number of para-hydroxylation sites is 6. The molecule has 2 radical (unpaired) electrons. The maximum absolute atomic E-state index is 10.7. The first-order valence-corrected chi connectivity index (χ1v) is 51.8. The number of imidazole rings is 2. The summed E-state index contributed by atoms with van der Waals surface area (Å²) in [5.74, 6) is 3.25. The number of fused-ring (bicyclic) bond motifs is 8. The first-order valence-electron chi connectivity index (χ1n) is 44.7. The number of rotatable bonds is 14. The van der Waals surface area contributed by atoms with E-state index in [1.54, 1.807) is 46.9 Å². The molecule has 0 aliphatic heterocycles. The summed E-state index contributed by atoms with van der Waals surface area (Å²) in [5.41, 5.74) is 17.4. The molecule has 0 fully saturated rings. The third kappa shape index (κ3) is 22.7. The summed E-state index contributed by atoms with van der Waals surface area (Å²) < 4.78 is 113. The Morgan fingerprint density at radius 3 is 1.16 bits per heavy atom. The Labute approximate surface area is 796 Å². The number of aryl methyl sites for hydroxylation is 2. The average Bonchev–Trinajstić information content (AvgIpc) is 1.57. The maximum atomic E-state index is 10.7. The zero-order valence-corrected chi connectivity index (χ0v) is 83.6. The minimum Gasteiger partial charge on any atom is -0.400 e. The number of benzene rings is 12. The largest absolute Gasteiger partial charge is 0.522 e. The molecule has 3 N–H and O–H groups in total. The predicted molar refractivity (Wildman–Crippen MR) is 531 cm³/mol. The van der Waals surface area contributed by atoms with Crippen LogP contribution in [0.25, 0.3) is 141 Å². The van der Waals surface area contributed by atoms with Crippen LogP contribution in [0.2, 0.25) is 39.3 Å². The summed E-state index contributed by atoms with van der Waals surface area (Å²) in [6, 6.07) is 103. The van der Waals surface area contributed by atoms with Crippen LogP contribution >= 0.6 is 22.7 Å². The number of pyridine rings is 2. The smallest absolute Gasteiger partial charge is 0.400 e. The molecule has 12 aromatic carbocycles. The molecule has 6 aromatic heterocycles. The van der Waals surface area contributed by atoms with Crippen molar-refractivity contribution < 1.29 is 84.8 Å². The van der Waals surface area contributed by atoms with Crippen molar-refractivity contribution in [3.8, 4) is 78.9 Å².